The molecule has 0 N–H and O–H groups in total. The van der Waals surface area contributed by atoms with E-state index in [9.17, 15) is 33.6 Å². The molecule has 7 unspecified atom stereocenters. The monoisotopic (exact) mass is 1060 g/mol. The third kappa shape index (κ3) is 9.85. The minimum absolute atomic E-state index is 0.101. The predicted molar refractivity (Wildman–Crippen MR) is 282 cm³/mol. The number of carbonyl (C=O) groups excluding carboxylic acids is 7. The summed E-state index contributed by atoms with van der Waals surface area (Å²) in [6.45, 7) is 2.72. The summed E-state index contributed by atoms with van der Waals surface area (Å²) in [5, 5.41) is 0. The minimum atomic E-state index is -0.770. The number of unbranched alkanes of at least 4 members (excludes halogenated alkanes) is 2. The molecule has 0 aromatic heterocycles. The molecule has 6 aliphatic heterocycles. The Hall–Kier alpha value is -7.11. The van der Waals surface area contributed by atoms with Gasteiger partial charge in [-0.3, -0.25) is 33.6 Å². The van der Waals surface area contributed by atoms with Crippen molar-refractivity contribution in [2.75, 3.05) is 56.3 Å². The molecule has 6 heterocycles. The largest absolute Gasteiger partial charge is 0.497 e. The molecular formula is C59H72N4O14. The van der Waals surface area contributed by atoms with E-state index in [1.54, 1.807) is 12.0 Å². The molecule has 77 heavy (non-hydrogen) atoms. The van der Waals surface area contributed by atoms with Crippen molar-refractivity contribution < 1.29 is 66.7 Å². The van der Waals surface area contributed by atoms with E-state index in [0.717, 1.165) is 81.0 Å². The van der Waals surface area contributed by atoms with Crippen LogP contribution in [0.15, 0.2) is 54.2 Å². The summed E-state index contributed by atoms with van der Waals surface area (Å²) >= 11 is 0. The molecule has 4 amide bonds. The number of rotatable bonds is 16. The van der Waals surface area contributed by atoms with Gasteiger partial charge in [0.2, 0.25) is 23.3 Å². The Morgan fingerprint density at radius 1 is 0.584 bits per heavy atom. The Kier molecular flexibility index (Phi) is 16.5. The minimum Gasteiger partial charge on any atom is -0.497 e. The second-order valence-corrected chi connectivity index (χ2v) is 21.0. The predicted octanol–water partition coefficient (Wildman–Crippen LogP) is 7.50. The number of piperazine rings is 2. The first-order valence-electron chi connectivity index (χ1n) is 27.2. The van der Waals surface area contributed by atoms with E-state index in [4.69, 9.17) is 33.2 Å². The van der Waals surface area contributed by atoms with Gasteiger partial charge in [0, 0.05) is 29.3 Å². The number of methoxy groups -OCH3 is 7. The quantitative estimate of drug-likeness (QED) is 0.0777. The highest BCUT2D eigenvalue weighted by Crippen LogP contribution is 2.48. The van der Waals surface area contributed by atoms with Gasteiger partial charge in [-0.25, -0.2) is 0 Å². The Balaban J connectivity index is 0.000000189. The zero-order chi connectivity index (χ0) is 54.8. The van der Waals surface area contributed by atoms with Crippen LogP contribution >= 0.6 is 0 Å². The number of hydrogen-bond donors (Lipinski definition) is 0. The second-order valence-electron chi connectivity index (χ2n) is 21.0. The molecule has 18 heteroatoms. The van der Waals surface area contributed by atoms with Gasteiger partial charge < -0.3 is 52.8 Å². The van der Waals surface area contributed by atoms with Crippen LogP contribution in [0, 0.1) is 11.8 Å². The van der Waals surface area contributed by atoms with Crippen molar-refractivity contribution in [2.45, 2.75) is 139 Å². The smallest absolute Gasteiger partial charge is 0.296 e. The highest BCUT2D eigenvalue weighted by atomic mass is 16.5. The molecule has 1 saturated carbocycles. The molecule has 5 fully saturated rings. The first kappa shape index (κ1) is 54.7. The summed E-state index contributed by atoms with van der Waals surface area (Å²) in [5.41, 5.74) is 3.09. The van der Waals surface area contributed by atoms with E-state index in [1.165, 1.54) is 76.7 Å². The first-order valence-corrected chi connectivity index (χ1v) is 27.2. The molecule has 3 aromatic rings. The number of piperidine rings is 2. The van der Waals surface area contributed by atoms with Crippen LogP contribution in [0.3, 0.4) is 0 Å². The second kappa shape index (κ2) is 23.2. The molecule has 0 spiro atoms. The number of ketones is 3. The highest BCUT2D eigenvalue weighted by molar-refractivity contribution is 6.44. The Bertz CT molecular complexity index is 2790. The average Bonchev–Trinajstić information content (AvgIpc) is 4.04. The molecule has 18 nitrogen and oxygen atoms in total. The van der Waals surface area contributed by atoms with Crippen LogP contribution in [0.4, 0.5) is 0 Å². The van der Waals surface area contributed by atoms with E-state index in [2.05, 4.69) is 6.92 Å². The molecule has 3 aromatic carbocycles. The summed E-state index contributed by atoms with van der Waals surface area (Å²) < 4.78 is 37.7. The number of hydrogen-bond acceptors (Lipinski definition) is 14. The number of ether oxygens (including phenoxy) is 7. The summed E-state index contributed by atoms with van der Waals surface area (Å²) in [7, 11) is 10.3. The van der Waals surface area contributed by atoms with Crippen molar-refractivity contribution in [1.82, 2.24) is 19.6 Å². The molecular weight excluding hydrogens is 989 g/mol. The number of amides is 4. The fraction of sp³-hybridized carbons (Fsp3) is 0.542. The van der Waals surface area contributed by atoms with Crippen LogP contribution < -0.4 is 33.2 Å². The molecule has 10 rings (SSSR count). The van der Waals surface area contributed by atoms with Crippen molar-refractivity contribution in [2.24, 2.45) is 11.8 Å². The lowest BCUT2D eigenvalue weighted by Gasteiger charge is -2.55. The topological polar surface area (TPSA) is 197 Å². The SMILES string of the molecule is CCCCCC1C(=O)C(C2CCCC2)C=C2C3CCCC(C(=O)N21)N3C(=O)C(=O)c1cc(OC)c(OC)c(OC)c1.COc1ccc2c(c1)C1C3CCCC(C(=O)N1CC2)N3C(=O)C(=O)c1cc(OC)c(OC)c(OC)c1. The Morgan fingerprint density at radius 2 is 1.13 bits per heavy atom. The standard InChI is InChI=1S/C32H42N2O7.C27H30N2O7/c1-5-6-7-13-23-29(36)21(19-11-8-9-12-19)18-25-22-14-10-15-24(31(37)34(23)25)33(22)32(38)28(35)20-16-26(39-2)30(41-4)27(17-20)40-3;1-33-17-9-8-15-10-11-28-23(18(15)14-17)19-6-5-7-20(26(28)31)29(19)27(32)24(30)16-12-21(34-2)25(36-4)22(13-16)35-3/h16-19,21-24H,5-15H2,1-4H3;8-9,12-14,19-20,23H,5-7,10-11H2,1-4H3. The molecule has 4 saturated heterocycles. The normalized spacial score (nSPS) is 24.3. The van der Waals surface area contributed by atoms with Gasteiger partial charge in [-0.05, 0) is 118 Å². The van der Waals surface area contributed by atoms with Crippen LogP contribution in [0.25, 0.3) is 0 Å². The third-order valence-corrected chi connectivity index (χ3v) is 17.0. The third-order valence-electron chi connectivity index (χ3n) is 17.0. The maximum absolute atomic E-state index is 14.1. The number of nitrogens with zero attached hydrogens (tertiary/aromatic N) is 4. The molecule has 0 radical (unpaired) electrons. The lowest BCUT2D eigenvalue weighted by atomic mass is 9.75. The molecule has 7 atom stereocenters. The molecule has 4 bridgehead atoms. The van der Waals surface area contributed by atoms with Crippen LogP contribution in [0.1, 0.15) is 135 Å². The van der Waals surface area contributed by atoms with Crippen LogP contribution in [0.2, 0.25) is 0 Å². The van der Waals surface area contributed by atoms with Crippen molar-refractivity contribution in [3.63, 3.8) is 0 Å². The molecule has 7 aliphatic rings. The van der Waals surface area contributed by atoms with Crippen molar-refractivity contribution in [1.29, 1.82) is 0 Å². The average molecular weight is 1060 g/mol. The summed E-state index contributed by atoms with van der Waals surface area (Å²) in [4.78, 5) is 103. The van der Waals surface area contributed by atoms with Crippen LogP contribution in [0.5, 0.6) is 40.2 Å². The summed E-state index contributed by atoms with van der Waals surface area (Å²) in [6, 6.07) is 8.82. The highest BCUT2D eigenvalue weighted by Gasteiger charge is 2.56. The Labute approximate surface area is 450 Å². The summed E-state index contributed by atoms with van der Waals surface area (Å²) in [5.74, 6) is -0.573. The van der Waals surface area contributed by atoms with E-state index in [1.807, 2.05) is 29.2 Å². The van der Waals surface area contributed by atoms with E-state index in [-0.39, 0.29) is 75.6 Å². The first-order chi connectivity index (χ1) is 37.3. The zero-order valence-electron chi connectivity index (χ0n) is 45.6. The van der Waals surface area contributed by atoms with Crippen LogP contribution in [-0.4, -0.2) is 147 Å². The van der Waals surface area contributed by atoms with Gasteiger partial charge in [-0.1, -0.05) is 51.2 Å². The van der Waals surface area contributed by atoms with Gasteiger partial charge in [0.15, 0.2) is 28.8 Å². The summed E-state index contributed by atoms with van der Waals surface area (Å²) in [6.07, 6.45) is 14.5. The van der Waals surface area contributed by atoms with E-state index in [0.29, 0.717) is 55.9 Å². The van der Waals surface area contributed by atoms with Gasteiger partial charge >= 0.3 is 0 Å². The number of benzene rings is 3. The maximum Gasteiger partial charge on any atom is 0.296 e. The van der Waals surface area contributed by atoms with Gasteiger partial charge in [-0.2, -0.15) is 0 Å². The van der Waals surface area contributed by atoms with E-state index < -0.39 is 47.5 Å². The Morgan fingerprint density at radius 3 is 1.68 bits per heavy atom. The lowest BCUT2D eigenvalue weighted by molar-refractivity contribution is -0.164. The fourth-order valence-corrected chi connectivity index (χ4v) is 13.3. The van der Waals surface area contributed by atoms with Crippen molar-refractivity contribution in [3.05, 3.63) is 76.5 Å². The van der Waals surface area contributed by atoms with Crippen molar-refractivity contribution >= 4 is 41.0 Å². The molecule has 412 valence electrons. The van der Waals surface area contributed by atoms with Crippen LogP contribution in [-0.2, 0) is 30.4 Å². The lowest BCUT2D eigenvalue weighted by Crippen LogP contribution is -2.68. The number of carbonyl (C=O) groups is 7. The number of Topliss-reactive ketones (excluding diaryl/α,β-unsaturated/α-hetero) is 3. The van der Waals surface area contributed by atoms with Gasteiger partial charge in [0.1, 0.15) is 17.8 Å². The van der Waals surface area contributed by atoms with Gasteiger partial charge in [0.25, 0.3) is 23.4 Å². The van der Waals surface area contributed by atoms with Gasteiger partial charge in [-0.15, -0.1) is 0 Å². The fourth-order valence-electron chi connectivity index (χ4n) is 13.3. The van der Waals surface area contributed by atoms with E-state index >= 15 is 0 Å². The number of allylic oxidation sites excluding steroid dienone is 1. The molecule has 1 aliphatic carbocycles. The maximum atomic E-state index is 14.1. The van der Waals surface area contributed by atoms with Gasteiger partial charge in [0.05, 0.1) is 73.9 Å². The van der Waals surface area contributed by atoms with Crippen molar-refractivity contribution in [3.8, 4) is 40.2 Å². The number of fused-ring (bicyclic) bond motifs is 10. The zero-order valence-corrected chi connectivity index (χ0v) is 45.6.